The van der Waals surface area contributed by atoms with E-state index in [2.05, 4.69) is 20.6 Å². The van der Waals surface area contributed by atoms with Crippen molar-refractivity contribution < 1.29 is 4.79 Å². The van der Waals surface area contributed by atoms with Crippen LogP contribution < -0.4 is 10.6 Å². The molecule has 1 amide bonds. The Labute approximate surface area is 167 Å². The highest BCUT2D eigenvalue weighted by Crippen LogP contribution is 2.21. The van der Waals surface area contributed by atoms with Gasteiger partial charge in [0.15, 0.2) is 0 Å². The van der Waals surface area contributed by atoms with Crippen molar-refractivity contribution >= 4 is 39.8 Å². The second-order valence-corrected chi connectivity index (χ2v) is 6.68. The van der Waals surface area contributed by atoms with Crippen LogP contribution in [-0.4, -0.2) is 15.9 Å². The van der Waals surface area contributed by atoms with Crippen molar-refractivity contribution in [3.05, 3.63) is 95.4 Å². The van der Waals surface area contributed by atoms with Crippen LogP contribution in [0.5, 0.6) is 0 Å². The summed E-state index contributed by atoms with van der Waals surface area (Å²) in [6.45, 7) is 0.645. The number of hydrogen-bond acceptors (Lipinski definition) is 4. The quantitative estimate of drug-likeness (QED) is 0.496. The van der Waals surface area contributed by atoms with E-state index in [1.54, 1.807) is 18.5 Å². The van der Waals surface area contributed by atoms with Gasteiger partial charge < -0.3 is 10.6 Å². The van der Waals surface area contributed by atoms with Crippen molar-refractivity contribution in [2.24, 2.45) is 0 Å². The topological polar surface area (TPSA) is 66.9 Å². The van der Waals surface area contributed by atoms with Crippen molar-refractivity contribution in [1.29, 1.82) is 0 Å². The lowest BCUT2D eigenvalue weighted by Gasteiger charge is -2.09. The summed E-state index contributed by atoms with van der Waals surface area (Å²) < 4.78 is 0. The average molecular weight is 389 g/mol. The monoisotopic (exact) mass is 388 g/mol. The standard InChI is InChI=1S/C22H17ClN4O/c23-17-8-6-15(7-9-17)13-25-18-10-11-20(26-14-18)22(28)27-19-5-1-3-16-4-2-12-24-21(16)19/h1-12,14,25H,13H2,(H,27,28). The summed E-state index contributed by atoms with van der Waals surface area (Å²) in [5, 5.41) is 7.84. The zero-order valence-corrected chi connectivity index (χ0v) is 15.6. The summed E-state index contributed by atoms with van der Waals surface area (Å²) >= 11 is 5.89. The number of nitrogens with zero attached hydrogens (tertiary/aromatic N) is 2. The number of carbonyl (C=O) groups is 1. The largest absolute Gasteiger partial charge is 0.380 e. The number of carbonyl (C=O) groups excluding carboxylic acids is 1. The van der Waals surface area contributed by atoms with Gasteiger partial charge in [-0.15, -0.1) is 0 Å². The van der Waals surface area contributed by atoms with Crippen molar-refractivity contribution in [2.45, 2.75) is 6.54 Å². The minimum atomic E-state index is -0.276. The van der Waals surface area contributed by atoms with Gasteiger partial charge in [0.1, 0.15) is 5.69 Å². The summed E-state index contributed by atoms with van der Waals surface area (Å²) in [6, 6.07) is 20.6. The molecule has 2 aromatic carbocycles. The van der Waals surface area contributed by atoms with Crippen LogP contribution in [0.4, 0.5) is 11.4 Å². The zero-order chi connectivity index (χ0) is 19.3. The summed E-state index contributed by atoms with van der Waals surface area (Å²) in [4.78, 5) is 21.2. The Morgan fingerprint density at radius 3 is 2.54 bits per heavy atom. The number of nitrogens with one attached hydrogen (secondary N) is 2. The van der Waals surface area contributed by atoms with Gasteiger partial charge in [-0.3, -0.25) is 9.78 Å². The molecular formula is C22H17ClN4O. The van der Waals surface area contributed by atoms with Gasteiger partial charge in [0, 0.05) is 23.2 Å². The van der Waals surface area contributed by atoms with Crippen LogP contribution in [0.3, 0.4) is 0 Å². The first kappa shape index (κ1) is 17.9. The summed E-state index contributed by atoms with van der Waals surface area (Å²) in [5.74, 6) is -0.276. The Bertz CT molecular complexity index is 1110. The molecule has 6 heteroatoms. The number of halogens is 1. The van der Waals surface area contributed by atoms with Crippen molar-refractivity contribution in [1.82, 2.24) is 9.97 Å². The van der Waals surface area contributed by atoms with Gasteiger partial charge in [-0.05, 0) is 42.0 Å². The highest BCUT2D eigenvalue weighted by molar-refractivity contribution is 6.30. The van der Waals surface area contributed by atoms with E-state index in [1.165, 1.54) is 0 Å². The van der Waals surface area contributed by atoms with Crippen LogP contribution in [0.1, 0.15) is 16.1 Å². The molecule has 0 saturated carbocycles. The predicted molar refractivity (Wildman–Crippen MR) is 113 cm³/mol. The smallest absolute Gasteiger partial charge is 0.274 e. The molecule has 0 radical (unpaired) electrons. The SMILES string of the molecule is O=C(Nc1cccc2cccnc12)c1ccc(NCc2ccc(Cl)cc2)cn1. The molecule has 0 aliphatic carbocycles. The summed E-state index contributed by atoms with van der Waals surface area (Å²) in [5.41, 5.74) is 3.69. The molecule has 0 saturated heterocycles. The van der Waals surface area contributed by atoms with Crippen molar-refractivity contribution in [3.8, 4) is 0 Å². The Balaban J connectivity index is 1.43. The molecule has 5 nitrogen and oxygen atoms in total. The molecule has 4 aromatic rings. The molecule has 0 atom stereocenters. The lowest BCUT2D eigenvalue weighted by molar-refractivity contribution is 0.102. The van der Waals surface area contributed by atoms with Gasteiger partial charge in [-0.2, -0.15) is 0 Å². The second-order valence-electron chi connectivity index (χ2n) is 6.25. The van der Waals surface area contributed by atoms with E-state index in [1.807, 2.05) is 60.7 Å². The Kier molecular flexibility index (Phi) is 5.17. The molecule has 28 heavy (non-hydrogen) atoms. The van der Waals surface area contributed by atoms with Gasteiger partial charge in [0.05, 0.1) is 23.1 Å². The zero-order valence-electron chi connectivity index (χ0n) is 14.9. The van der Waals surface area contributed by atoms with E-state index in [-0.39, 0.29) is 5.91 Å². The van der Waals surface area contributed by atoms with Gasteiger partial charge in [0.2, 0.25) is 0 Å². The predicted octanol–water partition coefficient (Wildman–Crippen LogP) is 5.15. The fraction of sp³-hybridized carbons (Fsp3) is 0.0455. The third kappa shape index (κ3) is 4.10. The van der Waals surface area contributed by atoms with Gasteiger partial charge in [-0.1, -0.05) is 41.9 Å². The third-order valence-corrected chi connectivity index (χ3v) is 4.54. The first-order chi connectivity index (χ1) is 13.7. The average Bonchev–Trinajstić information content (AvgIpc) is 2.74. The number of anilines is 2. The second kappa shape index (κ2) is 8.06. The fourth-order valence-electron chi connectivity index (χ4n) is 2.83. The number of rotatable bonds is 5. The molecule has 2 aromatic heterocycles. The molecule has 0 fully saturated rings. The Morgan fingerprint density at radius 2 is 1.75 bits per heavy atom. The molecular weight excluding hydrogens is 372 g/mol. The van der Waals surface area contributed by atoms with Crippen molar-refractivity contribution in [3.63, 3.8) is 0 Å². The first-order valence-corrected chi connectivity index (χ1v) is 9.16. The lowest BCUT2D eigenvalue weighted by atomic mass is 10.2. The van der Waals surface area contributed by atoms with E-state index in [9.17, 15) is 4.79 Å². The third-order valence-electron chi connectivity index (χ3n) is 4.29. The maximum atomic E-state index is 12.5. The van der Waals surface area contributed by atoms with E-state index < -0.39 is 0 Å². The van der Waals surface area contributed by atoms with E-state index in [0.29, 0.717) is 22.9 Å². The molecule has 2 N–H and O–H groups in total. The van der Waals surface area contributed by atoms with Crippen LogP contribution in [0.15, 0.2) is 79.1 Å². The maximum absolute atomic E-state index is 12.5. The molecule has 0 unspecified atom stereocenters. The molecule has 0 aliphatic heterocycles. The number of para-hydroxylation sites is 1. The van der Waals surface area contributed by atoms with Crippen molar-refractivity contribution in [2.75, 3.05) is 10.6 Å². The number of hydrogen-bond donors (Lipinski definition) is 2. The maximum Gasteiger partial charge on any atom is 0.274 e. The highest BCUT2D eigenvalue weighted by atomic mass is 35.5. The van der Waals surface area contributed by atoms with Gasteiger partial charge in [-0.25, -0.2) is 4.98 Å². The normalized spacial score (nSPS) is 10.6. The van der Waals surface area contributed by atoms with Gasteiger partial charge in [0.25, 0.3) is 5.91 Å². The number of pyridine rings is 2. The molecule has 2 heterocycles. The minimum absolute atomic E-state index is 0.276. The number of amides is 1. The van der Waals surface area contributed by atoms with E-state index in [0.717, 1.165) is 22.2 Å². The number of benzene rings is 2. The lowest BCUT2D eigenvalue weighted by Crippen LogP contribution is -2.14. The molecule has 4 rings (SSSR count). The Hall–Kier alpha value is -3.44. The molecule has 138 valence electrons. The van der Waals surface area contributed by atoms with Crippen LogP contribution in [0, 0.1) is 0 Å². The number of aromatic nitrogens is 2. The highest BCUT2D eigenvalue weighted by Gasteiger charge is 2.10. The number of fused-ring (bicyclic) bond motifs is 1. The van der Waals surface area contributed by atoms with Crippen LogP contribution in [-0.2, 0) is 6.54 Å². The van der Waals surface area contributed by atoms with Crippen LogP contribution in [0.25, 0.3) is 10.9 Å². The molecule has 0 spiro atoms. The molecule has 0 bridgehead atoms. The van der Waals surface area contributed by atoms with Gasteiger partial charge >= 0.3 is 0 Å². The summed E-state index contributed by atoms with van der Waals surface area (Å²) in [6.07, 6.45) is 3.35. The first-order valence-electron chi connectivity index (χ1n) is 8.78. The fourth-order valence-corrected chi connectivity index (χ4v) is 2.96. The van der Waals surface area contributed by atoms with Crippen LogP contribution in [0.2, 0.25) is 5.02 Å². The Morgan fingerprint density at radius 1 is 0.929 bits per heavy atom. The van der Waals surface area contributed by atoms with E-state index in [4.69, 9.17) is 11.6 Å². The molecule has 0 aliphatic rings. The van der Waals surface area contributed by atoms with E-state index >= 15 is 0 Å². The van der Waals surface area contributed by atoms with Crippen LogP contribution >= 0.6 is 11.6 Å². The minimum Gasteiger partial charge on any atom is -0.380 e. The summed E-state index contributed by atoms with van der Waals surface area (Å²) in [7, 11) is 0.